The Bertz CT molecular complexity index is 1110. The predicted molar refractivity (Wildman–Crippen MR) is 110 cm³/mol. The summed E-state index contributed by atoms with van der Waals surface area (Å²) < 4.78 is 31.0. The molecule has 3 rings (SSSR count). The summed E-state index contributed by atoms with van der Waals surface area (Å²) in [5.41, 5.74) is 0.365. The molecule has 2 amide bonds. The van der Waals surface area contributed by atoms with E-state index in [1.165, 1.54) is 31.2 Å². The van der Waals surface area contributed by atoms with Gasteiger partial charge in [0, 0.05) is 17.0 Å². The fraction of sp³-hybridized carbons (Fsp3) is 0.0556. The maximum absolute atomic E-state index is 12.5. The molecule has 7 nitrogen and oxygen atoms in total. The number of carbonyl (C=O) groups excluding carboxylic acids is 2. The minimum Gasteiger partial charge on any atom is -0.378 e. The molecule has 144 valence electrons. The third-order valence-electron chi connectivity index (χ3n) is 3.39. The summed E-state index contributed by atoms with van der Waals surface area (Å²) in [7, 11) is -4.04. The van der Waals surface area contributed by atoms with Crippen LogP contribution in [0.1, 0.15) is 12.5 Å². The van der Waals surface area contributed by atoms with E-state index in [0.29, 0.717) is 10.0 Å². The van der Waals surface area contributed by atoms with Crippen molar-refractivity contribution in [2.24, 2.45) is 4.99 Å². The fourth-order valence-corrected chi connectivity index (χ4v) is 4.42. The Balaban J connectivity index is 1.92. The van der Waals surface area contributed by atoms with Crippen LogP contribution in [0.3, 0.4) is 0 Å². The first kappa shape index (κ1) is 20.3. The van der Waals surface area contributed by atoms with Crippen molar-refractivity contribution in [2.45, 2.75) is 11.8 Å². The topological polar surface area (TPSA) is 102 Å². The van der Waals surface area contributed by atoms with E-state index in [1.807, 2.05) is 0 Å². The molecule has 1 heterocycles. The van der Waals surface area contributed by atoms with E-state index in [1.54, 1.807) is 30.3 Å². The first-order valence-electron chi connectivity index (χ1n) is 7.84. The van der Waals surface area contributed by atoms with Gasteiger partial charge >= 0.3 is 10.1 Å². The van der Waals surface area contributed by atoms with Crippen molar-refractivity contribution in [1.82, 2.24) is 5.32 Å². The molecule has 2 aromatic carbocycles. The van der Waals surface area contributed by atoms with Crippen molar-refractivity contribution in [1.29, 1.82) is 0 Å². The molecule has 10 heteroatoms. The van der Waals surface area contributed by atoms with Crippen molar-refractivity contribution in [3.05, 3.63) is 63.5 Å². The zero-order valence-electron chi connectivity index (χ0n) is 14.4. The molecule has 0 unspecified atom stereocenters. The van der Waals surface area contributed by atoms with Gasteiger partial charge in [-0.1, -0.05) is 34.1 Å². The molecule has 1 aliphatic rings. The molecular formula is C18H13BrN2O5S2. The maximum Gasteiger partial charge on any atom is 0.339 e. The number of amidine groups is 1. The molecule has 28 heavy (non-hydrogen) atoms. The van der Waals surface area contributed by atoms with Crippen molar-refractivity contribution in [2.75, 3.05) is 0 Å². The number of amides is 2. The highest BCUT2D eigenvalue weighted by molar-refractivity contribution is 9.10. The molecule has 0 saturated carbocycles. The smallest absolute Gasteiger partial charge is 0.339 e. The van der Waals surface area contributed by atoms with Crippen LogP contribution in [-0.2, 0) is 19.7 Å². The molecule has 0 radical (unpaired) electrons. The van der Waals surface area contributed by atoms with Crippen LogP contribution >= 0.6 is 27.7 Å². The number of thioether (sulfide) groups is 1. The molecule has 0 aromatic heterocycles. The van der Waals surface area contributed by atoms with Crippen molar-refractivity contribution in [3.63, 3.8) is 0 Å². The Morgan fingerprint density at radius 2 is 1.93 bits per heavy atom. The van der Waals surface area contributed by atoms with Gasteiger partial charge in [-0.05, 0) is 48.2 Å². The largest absolute Gasteiger partial charge is 0.378 e. The second-order valence-electron chi connectivity index (χ2n) is 5.55. The highest BCUT2D eigenvalue weighted by Crippen LogP contribution is 2.33. The molecule has 1 aliphatic heterocycles. The summed E-state index contributed by atoms with van der Waals surface area (Å²) in [6.45, 7) is 1.31. The molecule has 0 fully saturated rings. The van der Waals surface area contributed by atoms with Gasteiger partial charge in [-0.2, -0.15) is 13.4 Å². The Labute approximate surface area is 174 Å². The van der Waals surface area contributed by atoms with Gasteiger partial charge < -0.3 is 9.50 Å². The Kier molecular flexibility index (Phi) is 6.01. The van der Waals surface area contributed by atoms with Gasteiger partial charge in [-0.25, -0.2) is 0 Å². The Hall–Kier alpha value is -2.43. The average molecular weight is 481 g/mol. The van der Waals surface area contributed by atoms with Gasteiger partial charge in [0.05, 0.1) is 4.91 Å². The third-order valence-corrected chi connectivity index (χ3v) is 6.03. The standard InChI is InChI=1S/C18H13BrN2O5S2/c1-11(22)20-18-21-17(23)16(27-18)10-12-9-13(19)7-8-15(12)26-28(24,25)14-5-3-2-4-6-14/h2-10H,1H3,(H,20,21,22,23)/b16-10+. The van der Waals surface area contributed by atoms with Crippen LogP contribution in [0.2, 0.25) is 0 Å². The van der Waals surface area contributed by atoms with Crippen molar-refractivity contribution < 1.29 is 22.2 Å². The first-order chi connectivity index (χ1) is 13.2. The number of rotatable bonds is 4. The monoisotopic (exact) mass is 480 g/mol. The lowest BCUT2D eigenvalue weighted by Gasteiger charge is -2.10. The van der Waals surface area contributed by atoms with E-state index in [9.17, 15) is 18.0 Å². The van der Waals surface area contributed by atoms with Crippen molar-refractivity contribution >= 4 is 60.9 Å². The number of aliphatic imine (C=N–C) groups is 1. The highest BCUT2D eigenvalue weighted by Gasteiger charge is 2.24. The summed E-state index contributed by atoms with van der Waals surface area (Å²) >= 11 is 4.30. The van der Waals surface area contributed by atoms with E-state index >= 15 is 0 Å². The van der Waals surface area contributed by atoms with E-state index in [4.69, 9.17) is 4.18 Å². The molecule has 0 atom stereocenters. The SMILES string of the molecule is CC(=O)NC1=NC(=O)/C(=C\c2cc(Br)ccc2OS(=O)(=O)c2ccccc2)S1. The van der Waals surface area contributed by atoms with Gasteiger partial charge in [0.25, 0.3) is 5.91 Å². The second kappa shape index (κ2) is 8.29. The second-order valence-corrected chi connectivity index (χ2v) is 9.04. The summed E-state index contributed by atoms with van der Waals surface area (Å²) in [4.78, 5) is 27.2. The lowest BCUT2D eigenvalue weighted by atomic mass is 10.2. The number of halogens is 1. The van der Waals surface area contributed by atoms with E-state index in [-0.39, 0.29) is 26.6 Å². The first-order valence-corrected chi connectivity index (χ1v) is 10.9. The molecule has 2 aromatic rings. The van der Waals surface area contributed by atoms with Crippen LogP contribution in [0.15, 0.2) is 67.8 Å². The van der Waals surface area contributed by atoms with Crippen LogP contribution < -0.4 is 9.50 Å². The van der Waals surface area contributed by atoms with E-state index in [0.717, 1.165) is 11.8 Å². The fourth-order valence-electron chi connectivity index (χ4n) is 2.22. The number of nitrogens with one attached hydrogen (secondary N) is 1. The van der Waals surface area contributed by atoms with Crippen LogP contribution in [0.5, 0.6) is 5.75 Å². The lowest BCUT2D eigenvalue weighted by molar-refractivity contribution is -0.117. The number of hydrogen-bond acceptors (Lipinski definition) is 6. The average Bonchev–Trinajstić information content (AvgIpc) is 2.96. The molecular weight excluding hydrogens is 468 g/mol. The van der Waals surface area contributed by atoms with Gasteiger partial charge in [-0.3, -0.25) is 9.59 Å². The van der Waals surface area contributed by atoms with Gasteiger partial charge in [0.1, 0.15) is 10.6 Å². The van der Waals surface area contributed by atoms with Crippen LogP contribution in [0, 0.1) is 0 Å². The summed E-state index contributed by atoms with van der Waals surface area (Å²) in [6.07, 6.45) is 1.46. The number of carbonyl (C=O) groups is 2. The summed E-state index contributed by atoms with van der Waals surface area (Å²) in [5.74, 6) is -0.827. The maximum atomic E-state index is 12.5. The summed E-state index contributed by atoms with van der Waals surface area (Å²) in [6, 6.07) is 12.5. The predicted octanol–water partition coefficient (Wildman–Crippen LogP) is 3.32. The lowest BCUT2D eigenvalue weighted by Crippen LogP contribution is -2.23. The quantitative estimate of drug-likeness (QED) is 0.531. The normalized spacial score (nSPS) is 15.4. The molecule has 0 aliphatic carbocycles. The van der Waals surface area contributed by atoms with Gasteiger partial charge in [0.2, 0.25) is 5.91 Å². The van der Waals surface area contributed by atoms with Gasteiger partial charge in [0.15, 0.2) is 5.17 Å². The molecule has 1 N–H and O–H groups in total. The molecule has 0 spiro atoms. The van der Waals surface area contributed by atoms with E-state index in [2.05, 4.69) is 26.2 Å². The van der Waals surface area contributed by atoms with Crippen LogP contribution in [0.25, 0.3) is 6.08 Å². The van der Waals surface area contributed by atoms with Crippen LogP contribution in [-0.4, -0.2) is 25.4 Å². The number of benzene rings is 2. The highest BCUT2D eigenvalue weighted by atomic mass is 79.9. The number of nitrogens with zero attached hydrogens (tertiary/aromatic N) is 1. The van der Waals surface area contributed by atoms with Crippen LogP contribution in [0.4, 0.5) is 0 Å². The van der Waals surface area contributed by atoms with E-state index < -0.39 is 16.0 Å². The Morgan fingerprint density at radius 3 is 2.61 bits per heavy atom. The minimum atomic E-state index is -4.04. The number of hydrogen-bond donors (Lipinski definition) is 1. The molecule has 0 bridgehead atoms. The third kappa shape index (κ3) is 4.89. The van der Waals surface area contributed by atoms with Gasteiger partial charge in [-0.15, -0.1) is 0 Å². The minimum absolute atomic E-state index is 0.0131. The summed E-state index contributed by atoms with van der Waals surface area (Å²) in [5, 5.41) is 2.61. The zero-order valence-corrected chi connectivity index (χ0v) is 17.6. The molecule has 0 saturated heterocycles. The Morgan fingerprint density at radius 1 is 1.21 bits per heavy atom. The van der Waals surface area contributed by atoms with Crippen molar-refractivity contribution in [3.8, 4) is 5.75 Å². The zero-order chi connectivity index (χ0) is 20.3.